The first-order chi connectivity index (χ1) is 26.2. The normalized spacial score (nSPS) is 12.4. The Bertz CT molecular complexity index is 1570. The molecule has 8 N–H and O–H groups in total. The predicted octanol–water partition coefficient (Wildman–Crippen LogP) is 6.88. The zero-order valence-corrected chi connectivity index (χ0v) is 39.2. The van der Waals surface area contributed by atoms with E-state index in [0.29, 0.717) is 36.8 Å². The van der Waals surface area contributed by atoms with Crippen LogP contribution in [-0.2, 0) is 31.1 Å². The molecule has 0 aliphatic heterocycles. The first-order valence-electron chi connectivity index (χ1n) is 19.5. The van der Waals surface area contributed by atoms with E-state index in [1.165, 1.54) is 12.1 Å². The van der Waals surface area contributed by atoms with Crippen LogP contribution in [0.3, 0.4) is 0 Å². The number of aryl methyl sites for hydroxylation is 2. The third-order valence-electron chi connectivity index (χ3n) is 9.20. The van der Waals surface area contributed by atoms with Crippen LogP contribution in [0.25, 0.3) is 0 Å². The molecule has 0 fully saturated rings. The minimum Gasteiger partial charge on any atom is -0.404 e. The van der Waals surface area contributed by atoms with Crippen molar-refractivity contribution in [1.82, 2.24) is 0 Å². The maximum atomic E-state index is 12.4. The molecule has 0 unspecified atom stereocenters. The molecule has 16 nitrogen and oxygen atoms in total. The molecule has 2 aromatic rings. The summed E-state index contributed by atoms with van der Waals surface area (Å²) < 4.78 is 69.3. The zero-order valence-electron chi connectivity index (χ0n) is 33.7. The Morgan fingerprint density at radius 1 is 0.421 bits per heavy atom. The average Bonchev–Trinajstić information content (AvgIpc) is 3.05. The smallest absolute Gasteiger partial charge is 0.404 e. The topological polar surface area (TPSA) is 267 Å². The number of hydrogen-bond acceptors (Lipinski definition) is 8. The molecule has 0 aliphatic rings. The van der Waals surface area contributed by atoms with Crippen LogP contribution in [0.15, 0.2) is 24.3 Å². The fraction of sp³-hybridized carbons (Fsp3) is 0.667. The Hall–Kier alpha value is -0.760. The van der Waals surface area contributed by atoms with Gasteiger partial charge in [-0.3, -0.25) is 39.1 Å². The van der Waals surface area contributed by atoms with Crippen LogP contribution in [0, 0.1) is 0 Å². The average molecular weight is 898 g/mol. The molecule has 0 radical (unpaired) electrons. The van der Waals surface area contributed by atoms with Gasteiger partial charge in [-0.25, -0.2) is 18.3 Å². The fourth-order valence-electron chi connectivity index (χ4n) is 6.65. The SMILES string of the molecule is CCCCCCCCc1cc(C(CCCCCCC)c2cc(CCCCCCCC)c(OP(=O)(O)O)cc2OP(=O)(O)O)c(OP(=O)(O)O)cc1OP(=O)(O)O.[Na+]. The van der Waals surface area contributed by atoms with Crippen molar-refractivity contribution in [1.29, 1.82) is 0 Å². The molecule has 57 heavy (non-hydrogen) atoms. The second-order valence-electron chi connectivity index (χ2n) is 14.1. The van der Waals surface area contributed by atoms with Crippen LogP contribution >= 0.6 is 31.3 Å². The third-order valence-corrected chi connectivity index (χ3v) is 10.9. The standard InChI is InChI=1S/C36H62O16P4.Na/c1-4-7-10-13-16-18-21-28-24-31(35(51-55(43,44)45)26-33(28)49-53(37,38)39)30(23-20-15-12-9-6-3)32-25-29(22-19-17-14-11-8-5-2)34(50-54(40,41)42)27-36(32)52-56(46,47)48;/h24-27,30H,4-23H2,1-3H3,(H2,37,38,39)(H2,40,41,42)(H2,43,44,45)(H2,46,47,48);/q;+1. The van der Waals surface area contributed by atoms with E-state index in [4.69, 9.17) is 18.1 Å². The van der Waals surface area contributed by atoms with Crippen molar-refractivity contribution in [2.45, 2.75) is 155 Å². The molecule has 2 rings (SSSR count). The summed E-state index contributed by atoms with van der Waals surface area (Å²) >= 11 is 0. The molecule has 0 amide bonds. The van der Waals surface area contributed by atoms with Crippen molar-refractivity contribution in [2.24, 2.45) is 0 Å². The van der Waals surface area contributed by atoms with Gasteiger partial charge >= 0.3 is 60.8 Å². The van der Waals surface area contributed by atoms with Crippen LogP contribution < -0.4 is 47.7 Å². The Kier molecular flexibility index (Phi) is 25.3. The van der Waals surface area contributed by atoms with Crippen molar-refractivity contribution in [3.8, 4) is 23.0 Å². The van der Waals surface area contributed by atoms with Gasteiger partial charge in [0.05, 0.1) is 0 Å². The van der Waals surface area contributed by atoms with E-state index in [9.17, 15) is 57.4 Å². The second-order valence-corrected chi connectivity index (χ2v) is 18.8. The largest absolute Gasteiger partial charge is 1.00 e. The van der Waals surface area contributed by atoms with Gasteiger partial charge in [-0.05, 0) is 55.4 Å². The van der Waals surface area contributed by atoms with Crippen molar-refractivity contribution >= 4 is 31.3 Å². The first-order valence-corrected chi connectivity index (χ1v) is 25.6. The number of phosphoric acid groups is 4. The Balaban J connectivity index is 0.0000162. The van der Waals surface area contributed by atoms with Crippen LogP contribution in [0.5, 0.6) is 23.0 Å². The minimum absolute atomic E-state index is 0. The van der Waals surface area contributed by atoms with E-state index < -0.39 is 48.7 Å². The Morgan fingerprint density at radius 2 is 0.702 bits per heavy atom. The molecule has 0 spiro atoms. The van der Waals surface area contributed by atoms with E-state index in [2.05, 4.69) is 13.8 Å². The molecular formula is C36H62NaO16P4+. The zero-order chi connectivity index (χ0) is 42.0. The van der Waals surface area contributed by atoms with E-state index in [1.807, 2.05) is 6.92 Å². The molecule has 0 bridgehead atoms. The molecule has 0 saturated carbocycles. The van der Waals surface area contributed by atoms with Crippen molar-refractivity contribution in [2.75, 3.05) is 0 Å². The van der Waals surface area contributed by atoms with Crippen LogP contribution in [0.2, 0.25) is 0 Å². The van der Waals surface area contributed by atoms with Gasteiger partial charge in [0.2, 0.25) is 0 Å². The van der Waals surface area contributed by atoms with Crippen molar-refractivity contribution in [3.05, 3.63) is 46.5 Å². The molecule has 322 valence electrons. The van der Waals surface area contributed by atoms with Crippen molar-refractivity contribution in [3.63, 3.8) is 0 Å². The number of unbranched alkanes of at least 4 members (excludes halogenated alkanes) is 14. The number of benzene rings is 2. The molecule has 21 heteroatoms. The summed E-state index contributed by atoms with van der Waals surface area (Å²) in [5.74, 6) is -2.70. The number of hydrogen-bond donors (Lipinski definition) is 8. The quantitative estimate of drug-likeness (QED) is 0.0226. The molecular weight excluding hydrogens is 835 g/mol. The summed E-state index contributed by atoms with van der Waals surface area (Å²) in [6.45, 7) is 6.21. The van der Waals surface area contributed by atoms with Gasteiger partial charge in [0.25, 0.3) is 0 Å². The molecule has 0 heterocycles. The summed E-state index contributed by atoms with van der Waals surface area (Å²) in [6, 6.07) is 4.92. The predicted molar refractivity (Wildman–Crippen MR) is 213 cm³/mol. The van der Waals surface area contributed by atoms with E-state index in [1.54, 1.807) is 0 Å². The van der Waals surface area contributed by atoms with E-state index >= 15 is 0 Å². The maximum Gasteiger partial charge on any atom is 1.00 e. The fourth-order valence-corrected chi connectivity index (χ4v) is 8.33. The first kappa shape index (κ1) is 54.3. The summed E-state index contributed by atoms with van der Waals surface area (Å²) in [7, 11) is -21.0. The van der Waals surface area contributed by atoms with Gasteiger partial charge in [-0.15, -0.1) is 0 Å². The summed E-state index contributed by atoms with van der Waals surface area (Å²) in [6.07, 6.45) is 15.3. The number of phosphoric ester groups is 4. The molecule has 2 aromatic carbocycles. The molecule has 0 aromatic heterocycles. The maximum absolute atomic E-state index is 12.4. The summed E-state index contributed by atoms with van der Waals surface area (Å²) in [5.41, 5.74) is 0.790. The summed E-state index contributed by atoms with van der Waals surface area (Å²) in [4.78, 5) is 79.1. The van der Waals surface area contributed by atoms with E-state index in [-0.39, 0.29) is 71.4 Å². The molecule has 0 saturated heterocycles. The number of rotatable bonds is 30. The van der Waals surface area contributed by atoms with Gasteiger partial charge in [-0.1, -0.05) is 117 Å². The minimum atomic E-state index is -5.33. The monoisotopic (exact) mass is 897 g/mol. The van der Waals surface area contributed by atoms with Gasteiger partial charge in [0, 0.05) is 29.2 Å². The Labute approximate surface area is 359 Å². The summed E-state index contributed by atoms with van der Waals surface area (Å²) in [5, 5.41) is 0. The third kappa shape index (κ3) is 23.2. The van der Waals surface area contributed by atoms with Gasteiger partial charge in [0.1, 0.15) is 23.0 Å². The van der Waals surface area contributed by atoms with Gasteiger partial charge < -0.3 is 18.1 Å². The van der Waals surface area contributed by atoms with Crippen molar-refractivity contribution < 1.29 is 105 Å². The van der Waals surface area contributed by atoms with Gasteiger partial charge in [0.15, 0.2) is 0 Å². The van der Waals surface area contributed by atoms with Crippen LogP contribution in [-0.4, -0.2) is 39.1 Å². The van der Waals surface area contributed by atoms with E-state index in [0.717, 1.165) is 95.6 Å². The van der Waals surface area contributed by atoms with Crippen LogP contribution in [0.4, 0.5) is 0 Å². The second kappa shape index (κ2) is 26.5. The molecule has 0 aliphatic carbocycles. The Morgan fingerprint density at radius 3 is 1.02 bits per heavy atom. The van der Waals surface area contributed by atoms with Crippen LogP contribution in [0.1, 0.15) is 165 Å². The molecule has 0 atom stereocenters. The van der Waals surface area contributed by atoms with Gasteiger partial charge in [-0.2, -0.15) is 0 Å².